The first-order valence-electron chi connectivity index (χ1n) is 14.0. The molecular formula is C28H36ClN5O8S. The fourth-order valence-corrected chi connectivity index (χ4v) is 7.17. The number of halogens is 1. The minimum Gasteiger partial charge on any atom is -0.466 e. The summed E-state index contributed by atoms with van der Waals surface area (Å²) in [4.78, 5) is 54.9. The fraction of sp³-hybridized carbons (Fsp3) is 0.500. The summed E-state index contributed by atoms with van der Waals surface area (Å²) in [5, 5.41) is 1.83. The van der Waals surface area contributed by atoms with Gasteiger partial charge in [0.1, 0.15) is 18.7 Å². The molecular weight excluding hydrogens is 602 g/mol. The summed E-state index contributed by atoms with van der Waals surface area (Å²) in [6.07, 6.45) is 0.0637. The van der Waals surface area contributed by atoms with Crippen molar-refractivity contribution in [2.45, 2.75) is 30.3 Å². The van der Waals surface area contributed by atoms with E-state index in [0.29, 0.717) is 43.2 Å². The monoisotopic (exact) mass is 637 g/mol. The predicted molar refractivity (Wildman–Crippen MR) is 157 cm³/mol. The molecule has 234 valence electrons. The lowest BCUT2D eigenvalue weighted by Gasteiger charge is -2.33. The number of ether oxygens (including phenoxy) is 2. The largest absolute Gasteiger partial charge is 0.466 e. The molecule has 2 aliphatic rings. The van der Waals surface area contributed by atoms with Crippen LogP contribution >= 0.6 is 11.6 Å². The highest BCUT2D eigenvalue weighted by molar-refractivity contribution is 7.89. The lowest BCUT2D eigenvalue weighted by molar-refractivity contribution is -0.145. The van der Waals surface area contributed by atoms with E-state index >= 15 is 0 Å². The summed E-state index contributed by atoms with van der Waals surface area (Å²) in [7, 11) is -4.34. The number of sulfonamides is 1. The van der Waals surface area contributed by atoms with Gasteiger partial charge in [0.15, 0.2) is 0 Å². The topological polar surface area (TPSA) is 160 Å². The van der Waals surface area contributed by atoms with Crippen LogP contribution < -0.4 is 5.73 Å². The van der Waals surface area contributed by atoms with Crippen molar-refractivity contribution in [2.75, 3.05) is 65.6 Å². The molecule has 0 unspecified atom stereocenters. The molecule has 2 N–H and O–H groups in total. The number of primary amides is 1. The molecule has 2 fully saturated rings. The lowest BCUT2D eigenvalue weighted by atomic mass is 10.1. The Morgan fingerprint density at radius 2 is 1.84 bits per heavy atom. The SMILES string of the molecule is C[C@@H](C(=O)N(CCOC=O)CCN1CCOCC1)N1CC[C@H](N(CC(N)=O)S(=O)(=O)c2ccc3cc(Cl)ccc3c2)C1=O. The van der Waals surface area contributed by atoms with Crippen LogP contribution in [0.25, 0.3) is 10.8 Å². The molecule has 2 saturated heterocycles. The minimum absolute atomic E-state index is 0.00968. The van der Waals surface area contributed by atoms with Gasteiger partial charge in [-0.2, -0.15) is 4.31 Å². The number of nitrogens with two attached hydrogens (primary N) is 1. The van der Waals surface area contributed by atoms with Gasteiger partial charge in [-0.05, 0) is 48.4 Å². The first-order valence-corrected chi connectivity index (χ1v) is 15.8. The zero-order valence-electron chi connectivity index (χ0n) is 23.9. The molecule has 0 radical (unpaired) electrons. The highest BCUT2D eigenvalue weighted by Gasteiger charge is 2.45. The van der Waals surface area contributed by atoms with Gasteiger partial charge in [-0.3, -0.25) is 24.1 Å². The molecule has 2 aromatic carbocycles. The molecule has 2 atom stereocenters. The van der Waals surface area contributed by atoms with Crippen molar-refractivity contribution in [2.24, 2.45) is 5.73 Å². The van der Waals surface area contributed by atoms with Crippen LogP contribution in [0.4, 0.5) is 0 Å². The van der Waals surface area contributed by atoms with Crippen molar-refractivity contribution >= 4 is 56.6 Å². The van der Waals surface area contributed by atoms with Crippen molar-refractivity contribution < 1.29 is 37.1 Å². The summed E-state index contributed by atoms with van der Waals surface area (Å²) < 4.78 is 38.6. The molecule has 2 heterocycles. The molecule has 13 nitrogen and oxygen atoms in total. The number of benzene rings is 2. The third-order valence-corrected chi connectivity index (χ3v) is 9.81. The number of hydrogen-bond acceptors (Lipinski definition) is 9. The number of amides is 3. The first-order chi connectivity index (χ1) is 20.5. The zero-order valence-corrected chi connectivity index (χ0v) is 25.5. The van der Waals surface area contributed by atoms with E-state index in [1.165, 1.54) is 21.9 Å². The van der Waals surface area contributed by atoms with E-state index in [-0.39, 0.29) is 36.9 Å². The van der Waals surface area contributed by atoms with Crippen LogP contribution in [0.3, 0.4) is 0 Å². The predicted octanol–water partition coefficient (Wildman–Crippen LogP) is 0.292. The molecule has 2 aromatic rings. The van der Waals surface area contributed by atoms with Crippen LogP contribution in [0.2, 0.25) is 5.02 Å². The smallest absolute Gasteiger partial charge is 0.293 e. The summed E-state index contributed by atoms with van der Waals surface area (Å²) >= 11 is 6.05. The van der Waals surface area contributed by atoms with E-state index < -0.39 is 40.5 Å². The van der Waals surface area contributed by atoms with Crippen LogP contribution in [-0.2, 0) is 38.7 Å². The van der Waals surface area contributed by atoms with E-state index in [1.807, 2.05) is 0 Å². The average Bonchev–Trinajstić information content (AvgIpc) is 3.37. The highest BCUT2D eigenvalue weighted by Crippen LogP contribution is 2.29. The molecule has 0 saturated carbocycles. The Morgan fingerprint density at radius 3 is 2.53 bits per heavy atom. The second kappa shape index (κ2) is 14.4. The average molecular weight is 638 g/mol. The molecule has 0 spiro atoms. The molecule has 0 aliphatic carbocycles. The molecule has 3 amide bonds. The van der Waals surface area contributed by atoms with Crippen molar-refractivity contribution in [1.82, 2.24) is 19.0 Å². The number of likely N-dealkylation sites (tertiary alicyclic amines) is 1. The van der Waals surface area contributed by atoms with Gasteiger partial charge in [-0.25, -0.2) is 8.42 Å². The maximum absolute atomic E-state index is 13.8. The molecule has 4 rings (SSSR count). The Balaban J connectivity index is 1.52. The Hall–Kier alpha value is -3.30. The summed E-state index contributed by atoms with van der Waals surface area (Å²) in [5.74, 6) is -1.89. The second-order valence-corrected chi connectivity index (χ2v) is 12.8. The van der Waals surface area contributed by atoms with Gasteiger partial charge in [0.25, 0.3) is 6.47 Å². The lowest BCUT2D eigenvalue weighted by Crippen LogP contribution is -2.53. The normalized spacial score (nSPS) is 18.6. The summed E-state index contributed by atoms with van der Waals surface area (Å²) in [5.41, 5.74) is 5.43. The third kappa shape index (κ3) is 7.81. The van der Waals surface area contributed by atoms with Gasteiger partial charge in [0.2, 0.25) is 27.7 Å². The van der Waals surface area contributed by atoms with Crippen molar-refractivity contribution in [3.63, 3.8) is 0 Å². The van der Waals surface area contributed by atoms with Crippen LogP contribution in [0, 0.1) is 0 Å². The molecule has 15 heteroatoms. The molecule has 0 bridgehead atoms. The Kier molecular flexibility index (Phi) is 11.0. The zero-order chi connectivity index (χ0) is 31.1. The first kappa shape index (κ1) is 32.6. The quantitative estimate of drug-likeness (QED) is 0.227. The third-order valence-electron chi connectivity index (χ3n) is 7.72. The van der Waals surface area contributed by atoms with Crippen LogP contribution in [0.15, 0.2) is 41.3 Å². The van der Waals surface area contributed by atoms with E-state index in [1.54, 1.807) is 31.2 Å². The van der Waals surface area contributed by atoms with Crippen molar-refractivity contribution in [1.29, 1.82) is 0 Å². The number of morpholine rings is 1. The number of hydrogen-bond donors (Lipinski definition) is 1. The van der Waals surface area contributed by atoms with E-state index in [9.17, 15) is 27.6 Å². The second-order valence-electron chi connectivity index (χ2n) is 10.4. The Bertz CT molecular complexity index is 1450. The number of nitrogens with zero attached hydrogens (tertiary/aromatic N) is 4. The fourth-order valence-electron chi connectivity index (χ4n) is 5.37. The summed E-state index contributed by atoms with van der Waals surface area (Å²) in [6.45, 7) is 4.95. The van der Waals surface area contributed by atoms with E-state index in [0.717, 1.165) is 22.8 Å². The van der Waals surface area contributed by atoms with E-state index in [4.69, 9.17) is 26.8 Å². The van der Waals surface area contributed by atoms with Crippen LogP contribution in [-0.4, -0.2) is 129 Å². The van der Waals surface area contributed by atoms with Crippen molar-refractivity contribution in [3.8, 4) is 0 Å². The van der Waals surface area contributed by atoms with Gasteiger partial charge in [-0.15, -0.1) is 0 Å². The number of rotatable bonds is 14. The van der Waals surface area contributed by atoms with Gasteiger partial charge >= 0.3 is 0 Å². The number of carbonyl (C=O) groups is 4. The Morgan fingerprint density at radius 1 is 1.14 bits per heavy atom. The van der Waals surface area contributed by atoms with Gasteiger partial charge in [-0.1, -0.05) is 23.7 Å². The van der Waals surface area contributed by atoms with E-state index in [2.05, 4.69) is 4.90 Å². The number of fused-ring (bicyclic) bond motifs is 1. The standard InChI is InChI=1S/C28H36ClN5O8S/c1-20(27(37)32(12-15-42-19-35)9-8-31-10-13-41-14-11-31)33-7-6-25(28(33)38)34(18-26(30)36)43(39,40)24-5-3-21-16-23(29)4-2-22(21)17-24/h2-5,16-17,19-20,25H,6-15,18H2,1H3,(H2,30,36)/t20-,25-/m0/s1. The van der Waals surface area contributed by atoms with Gasteiger partial charge < -0.3 is 25.0 Å². The maximum Gasteiger partial charge on any atom is 0.293 e. The van der Waals surface area contributed by atoms with Gasteiger partial charge in [0, 0.05) is 37.7 Å². The molecule has 0 aromatic heterocycles. The Labute approximate surface area is 255 Å². The number of carbonyl (C=O) groups excluding carboxylic acids is 4. The van der Waals surface area contributed by atoms with Crippen LogP contribution in [0.1, 0.15) is 13.3 Å². The van der Waals surface area contributed by atoms with Gasteiger partial charge in [0.05, 0.1) is 31.2 Å². The minimum atomic E-state index is -4.34. The maximum atomic E-state index is 13.8. The highest BCUT2D eigenvalue weighted by atomic mass is 35.5. The summed E-state index contributed by atoms with van der Waals surface area (Å²) in [6, 6.07) is 7.28. The van der Waals surface area contributed by atoms with Crippen LogP contribution in [0.5, 0.6) is 0 Å². The van der Waals surface area contributed by atoms with Crippen molar-refractivity contribution in [3.05, 3.63) is 41.4 Å². The molecule has 2 aliphatic heterocycles. The molecule has 43 heavy (non-hydrogen) atoms.